The van der Waals surface area contributed by atoms with E-state index < -0.39 is 6.04 Å². The van der Waals surface area contributed by atoms with E-state index in [0.29, 0.717) is 35.3 Å². The molecule has 0 saturated carbocycles. The number of rotatable bonds is 11. The van der Waals surface area contributed by atoms with Crippen LogP contribution in [-0.2, 0) is 28.3 Å². The number of amides is 2. The number of hydrogen-bond acceptors (Lipinski definition) is 3. The smallest absolute Gasteiger partial charge is 0.243 e. The molecule has 0 bridgehead atoms. The van der Waals surface area contributed by atoms with E-state index >= 15 is 0 Å². The number of halogens is 2. The number of hydrogen-bond donors (Lipinski definition) is 1. The Morgan fingerprint density at radius 1 is 0.882 bits per heavy atom. The van der Waals surface area contributed by atoms with Crippen molar-refractivity contribution in [2.75, 3.05) is 12.3 Å². The van der Waals surface area contributed by atoms with Crippen molar-refractivity contribution in [2.24, 2.45) is 0 Å². The van der Waals surface area contributed by atoms with Crippen LogP contribution in [0.25, 0.3) is 0 Å². The molecule has 0 spiro atoms. The third-order valence-corrected chi connectivity index (χ3v) is 6.75. The van der Waals surface area contributed by atoms with Gasteiger partial charge in [-0.05, 0) is 47.9 Å². The summed E-state index contributed by atoms with van der Waals surface area (Å²) in [5.41, 5.74) is 2.97. The first-order valence-corrected chi connectivity index (χ1v) is 13.0. The second-order valence-corrected chi connectivity index (χ2v) is 9.73. The molecule has 4 nitrogen and oxygen atoms in total. The quantitative estimate of drug-likeness (QED) is 0.341. The fourth-order valence-corrected chi connectivity index (χ4v) is 4.81. The fourth-order valence-electron chi connectivity index (χ4n) is 3.60. The highest BCUT2D eigenvalue weighted by molar-refractivity contribution is 7.99. The molecule has 34 heavy (non-hydrogen) atoms. The summed E-state index contributed by atoms with van der Waals surface area (Å²) in [5.74, 6) is 0.683. The van der Waals surface area contributed by atoms with Crippen molar-refractivity contribution in [1.29, 1.82) is 0 Å². The van der Waals surface area contributed by atoms with Crippen LogP contribution in [0.5, 0.6) is 0 Å². The molecule has 0 aliphatic heterocycles. The van der Waals surface area contributed by atoms with Crippen LogP contribution in [0.15, 0.2) is 78.9 Å². The van der Waals surface area contributed by atoms with Crippen LogP contribution in [0.2, 0.25) is 10.0 Å². The van der Waals surface area contributed by atoms with Gasteiger partial charge in [-0.3, -0.25) is 9.59 Å². The van der Waals surface area contributed by atoms with Gasteiger partial charge in [-0.1, -0.05) is 77.8 Å². The molecular formula is C27H28Cl2N2O2S. The Kier molecular flexibility index (Phi) is 10.3. The minimum Gasteiger partial charge on any atom is -0.355 e. The number of carbonyl (C=O) groups is 2. The predicted molar refractivity (Wildman–Crippen MR) is 142 cm³/mol. The molecule has 3 rings (SSSR count). The third-order valence-electron chi connectivity index (χ3n) is 5.27. The first-order valence-electron chi connectivity index (χ1n) is 11.1. The van der Waals surface area contributed by atoms with Gasteiger partial charge in [0.15, 0.2) is 0 Å². The number of carbonyl (C=O) groups excluding carboxylic acids is 2. The SMILES string of the molecule is CCNC(=O)C(Cc1ccccc1)N(Cc1cccc(Cl)c1)C(=O)CSCc1ccc(Cl)cc1. The van der Waals surface area contributed by atoms with E-state index in [9.17, 15) is 9.59 Å². The largest absolute Gasteiger partial charge is 0.355 e. The Labute approximate surface area is 215 Å². The standard InChI is InChI=1S/C27H28Cl2N2O2S/c1-2-30-27(33)25(16-20-7-4-3-5-8-20)31(17-22-9-6-10-24(29)15-22)26(32)19-34-18-21-11-13-23(28)14-12-21/h3-15,25H,2,16-19H2,1H3,(H,30,33). The van der Waals surface area contributed by atoms with Crippen molar-refractivity contribution in [1.82, 2.24) is 10.2 Å². The monoisotopic (exact) mass is 514 g/mol. The fraction of sp³-hybridized carbons (Fsp3) is 0.259. The van der Waals surface area contributed by atoms with E-state index in [4.69, 9.17) is 23.2 Å². The van der Waals surface area contributed by atoms with Crippen molar-refractivity contribution in [2.45, 2.75) is 31.7 Å². The molecule has 1 unspecified atom stereocenters. The van der Waals surface area contributed by atoms with Crippen LogP contribution in [0.4, 0.5) is 0 Å². The molecule has 0 aliphatic carbocycles. The molecule has 0 aromatic heterocycles. The van der Waals surface area contributed by atoms with Gasteiger partial charge in [0.25, 0.3) is 0 Å². The van der Waals surface area contributed by atoms with Crippen molar-refractivity contribution in [3.8, 4) is 0 Å². The topological polar surface area (TPSA) is 49.4 Å². The summed E-state index contributed by atoms with van der Waals surface area (Å²) in [7, 11) is 0. The lowest BCUT2D eigenvalue weighted by atomic mass is 10.0. The molecule has 3 aromatic carbocycles. The maximum absolute atomic E-state index is 13.5. The summed E-state index contributed by atoms with van der Waals surface area (Å²) in [4.78, 5) is 28.3. The van der Waals surface area contributed by atoms with E-state index in [2.05, 4.69) is 5.32 Å². The molecule has 1 atom stereocenters. The van der Waals surface area contributed by atoms with Crippen LogP contribution in [-0.4, -0.2) is 35.1 Å². The van der Waals surface area contributed by atoms with Crippen LogP contribution < -0.4 is 5.32 Å². The summed E-state index contributed by atoms with van der Waals surface area (Å²) < 4.78 is 0. The van der Waals surface area contributed by atoms with Gasteiger partial charge in [0.2, 0.25) is 11.8 Å². The van der Waals surface area contributed by atoms with Gasteiger partial charge < -0.3 is 10.2 Å². The first-order chi connectivity index (χ1) is 16.5. The molecule has 0 fully saturated rings. The molecule has 0 saturated heterocycles. The lowest BCUT2D eigenvalue weighted by Gasteiger charge is -2.31. The highest BCUT2D eigenvalue weighted by Gasteiger charge is 2.30. The summed E-state index contributed by atoms with van der Waals surface area (Å²) >= 11 is 13.7. The van der Waals surface area contributed by atoms with E-state index in [0.717, 1.165) is 16.7 Å². The van der Waals surface area contributed by atoms with Crippen LogP contribution >= 0.6 is 35.0 Å². The minimum absolute atomic E-state index is 0.0916. The van der Waals surface area contributed by atoms with Crippen molar-refractivity contribution < 1.29 is 9.59 Å². The maximum Gasteiger partial charge on any atom is 0.243 e. The average molecular weight is 516 g/mol. The Morgan fingerprint density at radius 3 is 2.26 bits per heavy atom. The summed E-state index contributed by atoms with van der Waals surface area (Å²) in [6, 6.07) is 24.1. The van der Waals surface area contributed by atoms with Crippen LogP contribution in [0.3, 0.4) is 0 Å². The molecule has 3 aromatic rings. The van der Waals surface area contributed by atoms with Crippen molar-refractivity contribution >= 4 is 46.8 Å². The number of nitrogens with zero attached hydrogens (tertiary/aromatic N) is 1. The second-order valence-electron chi connectivity index (χ2n) is 7.87. The van der Waals surface area contributed by atoms with Gasteiger partial charge in [-0.25, -0.2) is 0 Å². The van der Waals surface area contributed by atoms with Gasteiger partial charge in [0.1, 0.15) is 6.04 Å². The zero-order chi connectivity index (χ0) is 24.3. The maximum atomic E-state index is 13.5. The number of benzene rings is 3. The second kappa shape index (κ2) is 13.4. The lowest BCUT2D eigenvalue weighted by molar-refractivity contribution is -0.139. The number of thioether (sulfide) groups is 1. The predicted octanol–water partition coefficient (Wildman–Crippen LogP) is 6.00. The van der Waals surface area contributed by atoms with Crippen molar-refractivity contribution in [3.05, 3.63) is 106 Å². The van der Waals surface area contributed by atoms with Gasteiger partial charge in [0.05, 0.1) is 5.75 Å². The van der Waals surface area contributed by atoms with Crippen molar-refractivity contribution in [3.63, 3.8) is 0 Å². The van der Waals surface area contributed by atoms with Gasteiger partial charge in [-0.2, -0.15) is 0 Å². The Balaban J connectivity index is 1.81. The van der Waals surface area contributed by atoms with Gasteiger partial charge in [0, 0.05) is 35.3 Å². The molecule has 2 amide bonds. The van der Waals surface area contributed by atoms with Crippen LogP contribution in [0.1, 0.15) is 23.6 Å². The highest BCUT2D eigenvalue weighted by atomic mass is 35.5. The summed E-state index contributed by atoms with van der Waals surface area (Å²) in [6.07, 6.45) is 0.431. The Bertz CT molecular complexity index is 1080. The molecule has 0 radical (unpaired) electrons. The first kappa shape index (κ1) is 26.1. The van der Waals surface area contributed by atoms with E-state index in [-0.39, 0.29) is 17.6 Å². The molecular weight excluding hydrogens is 487 g/mol. The molecule has 1 N–H and O–H groups in total. The highest BCUT2D eigenvalue weighted by Crippen LogP contribution is 2.20. The molecule has 7 heteroatoms. The summed E-state index contributed by atoms with van der Waals surface area (Å²) in [5, 5.41) is 4.19. The molecule has 0 heterocycles. The van der Waals surface area contributed by atoms with E-state index in [1.54, 1.807) is 11.0 Å². The average Bonchev–Trinajstić information content (AvgIpc) is 2.83. The van der Waals surface area contributed by atoms with Gasteiger partial charge in [-0.15, -0.1) is 11.8 Å². The van der Waals surface area contributed by atoms with E-state index in [1.165, 1.54) is 11.8 Å². The van der Waals surface area contributed by atoms with Gasteiger partial charge >= 0.3 is 0 Å². The van der Waals surface area contributed by atoms with Crippen LogP contribution in [0, 0.1) is 0 Å². The lowest BCUT2D eigenvalue weighted by Crippen LogP contribution is -2.51. The normalized spacial score (nSPS) is 11.6. The zero-order valence-corrected chi connectivity index (χ0v) is 21.4. The molecule has 178 valence electrons. The van der Waals surface area contributed by atoms with E-state index in [1.807, 2.05) is 79.7 Å². The minimum atomic E-state index is -0.634. The Morgan fingerprint density at radius 2 is 1.59 bits per heavy atom. The Hall–Kier alpha value is -2.47. The third kappa shape index (κ3) is 8.08. The number of likely N-dealkylation sites (N-methyl/N-ethyl adjacent to an activating group) is 1. The molecule has 0 aliphatic rings. The zero-order valence-electron chi connectivity index (χ0n) is 19.0. The summed E-state index contributed by atoms with van der Waals surface area (Å²) in [6.45, 7) is 2.67. The number of nitrogens with one attached hydrogen (secondary N) is 1.